The van der Waals surface area contributed by atoms with Crippen LogP contribution < -0.4 is 5.32 Å². The van der Waals surface area contributed by atoms with Gasteiger partial charge in [0.25, 0.3) is 0 Å². The Morgan fingerprint density at radius 3 is 2.55 bits per heavy atom. The second-order valence-electron chi connectivity index (χ2n) is 13.3. The van der Waals surface area contributed by atoms with Gasteiger partial charge in [-0.2, -0.15) is 0 Å². The van der Waals surface area contributed by atoms with Crippen molar-refractivity contribution >= 4 is 73.4 Å². The smallest absolute Gasteiger partial charge is 0.0866 e. The number of aromatic nitrogens is 3. The van der Waals surface area contributed by atoms with E-state index < -0.39 is 0 Å². The summed E-state index contributed by atoms with van der Waals surface area (Å²) in [5.74, 6) is 0. The molecule has 5 heteroatoms. The first-order chi connectivity index (χ1) is 24.2. The Morgan fingerprint density at radius 2 is 1.67 bits per heavy atom. The standard InChI is InChI=1S/C44H35N5/c1-2-29-15-12-26-47-37-20-10-6-16-30(37)32-22-24-39-41(43(32)47)42-40(25-23-33-31-17-7-11-21-38(31)49(29)44(33)42)48(39)27-36(28-13-4-3-5-14-28)46-35-19-9-8-18-34(35)45/h2-6,8-16,18-21,23,25-27,35,45-46H,1,7,17,22,24H2/b26-12?,29-15?,36-27+,45-34?. The summed E-state index contributed by atoms with van der Waals surface area (Å²) in [4.78, 5) is 0. The maximum Gasteiger partial charge on any atom is 0.0866 e. The van der Waals surface area contributed by atoms with E-state index in [4.69, 9.17) is 5.41 Å². The summed E-state index contributed by atoms with van der Waals surface area (Å²) in [5.41, 5.74) is 14.0. The molecule has 3 aromatic carbocycles. The third kappa shape index (κ3) is 4.02. The molecule has 1 atom stereocenters. The van der Waals surface area contributed by atoms with Crippen LogP contribution in [0.5, 0.6) is 0 Å². The van der Waals surface area contributed by atoms with Crippen LogP contribution in [0, 0.1) is 5.41 Å². The van der Waals surface area contributed by atoms with Crippen LogP contribution in [0.1, 0.15) is 40.2 Å². The lowest BCUT2D eigenvalue weighted by Crippen LogP contribution is -2.33. The van der Waals surface area contributed by atoms with Crippen LogP contribution in [0.25, 0.3) is 67.7 Å². The van der Waals surface area contributed by atoms with Crippen molar-refractivity contribution in [3.63, 3.8) is 0 Å². The highest BCUT2D eigenvalue weighted by atomic mass is 15.0. The van der Waals surface area contributed by atoms with Gasteiger partial charge < -0.3 is 24.1 Å². The van der Waals surface area contributed by atoms with Gasteiger partial charge in [-0.3, -0.25) is 0 Å². The van der Waals surface area contributed by atoms with Crippen LogP contribution in [0.3, 0.4) is 0 Å². The van der Waals surface area contributed by atoms with Gasteiger partial charge in [-0.15, -0.1) is 0 Å². The Kier molecular flexibility index (Phi) is 6.13. The SMILES string of the molecule is C=Cc1cccn2c3ccccc3c3c2c2c(n(/C=C(/NC4C=CC=CC4=N)c4ccccc4)c4ccc5c6c(n1c5c24)C=CCC6)CC3. The molecule has 3 aliphatic rings. The fraction of sp³-hybridized carbons (Fsp3) is 0.114. The summed E-state index contributed by atoms with van der Waals surface area (Å²) in [7, 11) is 0. The van der Waals surface area contributed by atoms with Gasteiger partial charge in [-0.25, -0.2) is 0 Å². The molecule has 3 aliphatic carbocycles. The average Bonchev–Trinajstić information content (AvgIpc) is 3.77. The van der Waals surface area contributed by atoms with Gasteiger partial charge in [-0.05, 0) is 84.9 Å². The number of hydrogen-bond acceptors (Lipinski definition) is 2. The van der Waals surface area contributed by atoms with Gasteiger partial charge in [0.05, 0.1) is 39.5 Å². The zero-order chi connectivity index (χ0) is 32.6. The van der Waals surface area contributed by atoms with Crippen molar-refractivity contribution in [1.29, 1.82) is 5.41 Å². The second kappa shape index (κ2) is 10.7. The molecule has 4 heterocycles. The molecular formula is C44H35N5. The molecule has 4 aromatic heterocycles. The summed E-state index contributed by atoms with van der Waals surface area (Å²) in [6, 6.07) is 28.2. The van der Waals surface area contributed by atoms with Gasteiger partial charge in [0.15, 0.2) is 0 Å². The number of benzene rings is 3. The molecule has 0 saturated heterocycles. The summed E-state index contributed by atoms with van der Waals surface area (Å²) >= 11 is 0. The molecule has 5 nitrogen and oxygen atoms in total. The lowest BCUT2D eigenvalue weighted by molar-refractivity contribution is 0.878. The summed E-state index contributed by atoms with van der Waals surface area (Å²) in [5, 5.41) is 17.7. The molecule has 7 aromatic rings. The molecule has 0 amide bonds. The number of nitrogens with one attached hydrogen (secondary N) is 2. The zero-order valence-electron chi connectivity index (χ0n) is 27.2. The van der Waals surface area contributed by atoms with E-state index >= 15 is 0 Å². The van der Waals surface area contributed by atoms with Crippen LogP contribution >= 0.6 is 0 Å². The van der Waals surface area contributed by atoms with E-state index in [1.54, 1.807) is 0 Å². The van der Waals surface area contributed by atoms with E-state index in [2.05, 4.69) is 135 Å². The van der Waals surface area contributed by atoms with Crippen molar-refractivity contribution in [2.75, 3.05) is 0 Å². The number of allylic oxidation sites excluding steroid dienone is 3. The van der Waals surface area contributed by atoms with Crippen molar-refractivity contribution in [2.24, 2.45) is 0 Å². The Balaban J connectivity index is 1.42. The lowest BCUT2D eigenvalue weighted by Gasteiger charge is -2.21. The monoisotopic (exact) mass is 633 g/mol. The number of aryl methyl sites for hydroxylation is 3. The molecular weight excluding hydrogens is 599 g/mol. The Labute approximate surface area is 284 Å². The maximum absolute atomic E-state index is 8.69. The van der Waals surface area contributed by atoms with Gasteiger partial charge >= 0.3 is 0 Å². The number of fused-ring (bicyclic) bond motifs is 6. The molecule has 0 radical (unpaired) electrons. The number of para-hydroxylation sites is 1. The Bertz CT molecular complexity index is 2720. The summed E-state index contributed by atoms with van der Waals surface area (Å²) in [6.07, 6.45) is 23.0. The normalized spacial score (nSPS) is 16.9. The summed E-state index contributed by atoms with van der Waals surface area (Å²) in [6.45, 7) is 4.31. The largest absolute Gasteiger partial charge is 0.372 e. The molecule has 0 bridgehead atoms. The molecule has 0 spiro atoms. The number of hydrogen-bond donors (Lipinski definition) is 2. The highest BCUT2D eigenvalue weighted by Crippen LogP contribution is 2.45. The average molecular weight is 634 g/mol. The van der Waals surface area contributed by atoms with E-state index in [9.17, 15) is 0 Å². The highest BCUT2D eigenvalue weighted by Gasteiger charge is 2.28. The lowest BCUT2D eigenvalue weighted by atomic mass is 9.95. The van der Waals surface area contributed by atoms with Crippen molar-refractivity contribution in [3.8, 4) is 0 Å². The first-order valence-electron chi connectivity index (χ1n) is 17.2. The van der Waals surface area contributed by atoms with Crippen LogP contribution in [0.15, 0.2) is 122 Å². The fourth-order valence-electron chi connectivity index (χ4n) is 8.58. The molecule has 236 valence electrons. The minimum Gasteiger partial charge on any atom is -0.372 e. The van der Waals surface area contributed by atoms with Gasteiger partial charge in [-0.1, -0.05) is 85.5 Å². The maximum atomic E-state index is 8.69. The van der Waals surface area contributed by atoms with Crippen molar-refractivity contribution in [2.45, 2.75) is 31.7 Å². The van der Waals surface area contributed by atoms with Gasteiger partial charge in [0, 0.05) is 51.0 Å². The van der Waals surface area contributed by atoms with Gasteiger partial charge in [0.1, 0.15) is 0 Å². The Hall–Kier alpha value is -6.07. The van der Waals surface area contributed by atoms with Crippen LogP contribution in [0.2, 0.25) is 0 Å². The van der Waals surface area contributed by atoms with Crippen molar-refractivity contribution in [3.05, 3.63) is 156 Å². The topological polar surface area (TPSA) is 49.6 Å². The molecule has 49 heavy (non-hydrogen) atoms. The van der Waals surface area contributed by atoms with Crippen LogP contribution in [0.4, 0.5) is 0 Å². The minimum atomic E-state index is -0.217. The van der Waals surface area contributed by atoms with Gasteiger partial charge in [0.2, 0.25) is 0 Å². The van der Waals surface area contributed by atoms with E-state index in [0.29, 0.717) is 5.71 Å². The molecule has 10 rings (SSSR count). The molecule has 2 N–H and O–H groups in total. The quantitative estimate of drug-likeness (QED) is 0.195. The third-order valence-electron chi connectivity index (χ3n) is 10.7. The molecule has 0 aliphatic heterocycles. The number of nitrogens with zero attached hydrogens (tertiary/aromatic N) is 3. The van der Waals surface area contributed by atoms with Crippen LogP contribution in [-0.4, -0.2) is 25.1 Å². The van der Waals surface area contributed by atoms with E-state index in [1.807, 2.05) is 24.3 Å². The third-order valence-corrected chi connectivity index (χ3v) is 10.7. The van der Waals surface area contributed by atoms with E-state index in [1.165, 1.54) is 66.1 Å². The Morgan fingerprint density at radius 1 is 0.796 bits per heavy atom. The molecule has 0 saturated carbocycles. The predicted octanol–water partition coefficient (Wildman–Crippen LogP) is 9.78. The van der Waals surface area contributed by atoms with Crippen molar-refractivity contribution < 1.29 is 0 Å². The highest BCUT2D eigenvalue weighted by molar-refractivity contribution is 6.23. The number of rotatable bonds is 5. The first-order valence-corrected chi connectivity index (χ1v) is 17.2. The first kappa shape index (κ1) is 28.0. The van der Waals surface area contributed by atoms with E-state index in [-0.39, 0.29) is 6.04 Å². The van der Waals surface area contributed by atoms with Crippen LogP contribution in [-0.2, 0) is 19.3 Å². The zero-order valence-corrected chi connectivity index (χ0v) is 27.2. The minimum absolute atomic E-state index is 0.217. The van der Waals surface area contributed by atoms with Crippen molar-refractivity contribution in [1.82, 2.24) is 18.7 Å². The summed E-state index contributed by atoms with van der Waals surface area (Å²) < 4.78 is 7.32. The second-order valence-corrected chi connectivity index (χ2v) is 13.3. The molecule has 1 unspecified atom stereocenters. The molecule has 0 fully saturated rings. The predicted molar refractivity (Wildman–Crippen MR) is 206 cm³/mol. The van der Waals surface area contributed by atoms with E-state index in [0.717, 1.165) is 42.6 Å². The fourth-order valence-corrected chi connectivity index (χ4v) is 8.58.